The number of carboxylic acids is 1. The maximum atomic E-state index is 12.6. The number of hydrogen-bond donors (Lipinski definition) is 5. The van der Waals surface area contributed by atoms with Crippen molar-refractivity contribution in [3.8, 4) is 23.0 Å². The molecule has 162 valence electrons. The predicted octanol–water partition coefficient (Wildman–Crippen LogP) is 0.501. The summed E-state index contributed by atoms with van der Waals surface area (Å²) in [4.78, 5) is 25.8. The molecule has 31 heavy (non-hydrogen) atoms. The van der Waals surface area contributed by atoms with E-state index in [9.17, 15) is 29.9 Å². The highest BCUT2D eigenvalue weighted by molar-refractivity contribution is 6.44. The van der Waals surface area contributed by atoms with E-state index < -0.39 is 25.2 Å². The van der Waals surface area contributed by atoms with Crippen LogP contribution in [-0.4, -0.2) is 63.4 Å². The largest absolute Gasteiger partial charge is 0.535 e. The number of hydrogen-bond acceptors (Lipinski definition) is 8. The summed E-state index contributed by atoms with van der Waals surface area (Å²) in [6.07, 6.45) is 0.437. The number of aromatic hydroxyl groups is 2. The molecule has 1 amide bonds. The second kappa shape index (κ2) is 8.01. The average Bonchev–Trinajstić information content (AvgIpc) is 2.70. The standard InChI is InChI=1S/C20H21BN2O8/c22-17(11-1-3-13(24)14(25)7-11)19(26)23-8-12(9-23)30-15-4-2-10-5-6-21(29)31-18(10)16(15)20(27)28/h1-4,7,12,17,24-25,29H,5-6,8-9,22H2,(H,27,28). The van der Waals surface area contributed by atoms with Crippen LogP contribution in [0.4, 0.5) is 0 Å². The summed E-state index contributed by atoms with van der Waals surface area (Å²) in [5, 5.41) is 38.3. The van der Waals surface area contributed by atoms with Crippen LogP contribution in [0.2, 0.25) is 6.32 Å². The number of carbonyl (C=O) groups excluding carboxylic acids is 1. The zero-order valence-electron chi connectivity index (χ0n) is 16.4. The monoisotopic (exact) mass is 428 g/mol. The van der Waals surface area contributed by atoms with E-state index in [1.807, 2.05) is 0 Å². The van der Waals surface area contributed by atoms with Crippen molar-refractivity contribution < 1.29 is 39.3 Å². The van der Waals surface area contributed by atoms with E-state index in [1.54, 1.807) is 12.1 Å². The Balaban J connectivity index is 1.43. The number of amides is 1. The van der Waals surface area contributed by atoms with Gasteiger partial charge in [-0.1, -0.05) is 12.1 Å². The number of carbonyl (C=O) groups is 2. The van der Waals surface area contributed by atoms with Gasteiger partial charge in [0.05, 0.1) is 13.1 Å². The van der Waals surface area contributed by atoms with Crippen molar-refractivity contribution in [3.63, 3.8) is 0 Å². The van der Waals surface area contributed by atoms with Crippen LogP contribution in [0.3, 0.4) is 0 Å². The molecule has 0 aliphatic carbocycles. The first-order valence-electron chi connectivity index (χ1n) is 9.71. The highest BCUT2D eigenvalue weighted by atomic mass is 16.5. The fourth-order valence-electron chi connectivity index (χ4n) is 3.66. The maximum absolute atomic E-state index is 12.6. The molecule has 0 aromatic heterocycles. The smallest absolute Gasteiger partial charge is 0.522 e. The molecular weight excluding hydrogens is 407 g/mol. The van der Waals surface area contributed by atoms with E-state index in [2.05, 4.69) is 0 Å². The minimum Gasteiger partial charge on any atom is -0.535 e. The van der Waals surface area contributed by atoms with Crippen LogP contribution in [0, 0.1) is 0 Å². The summed E-state index contributed by atoms with van der Waals surface area (Å²) < 4.78 is 11.1. The second-order valence-corrected chi connectivity index (χ2v) is 7.55. The van der Waals surface area contributed by atoms with Crippen LogP contribution in [0.15, 0.2) is 30.3 Å². The Kier molecular flexibility index (Phi) is 5.38. The van der Waals surface area contributed by atoms with E-state index in [1.165, 1.54) is 23.1 Å². The number of rotatable bonds is 5. The van der Waals surface area contributed by atoms with Gasteiger partial charge in [-0.2, -0.15) is 0 Å². The average molecular weight is 428 g/mol. The molecule has 0 bridgehead atoms. The van der Waals surface area contributed by atoms with Crippen molar-refractivity contribution in [1.82, 2.24) is 4.90 Å². The third-order valence-electron chi connectivity index (χ3n) is 5.41. The molecule has 1 unspecified atom stereocenters. The zero-order chi connectivity index (χ0) is 22.3. The van der Waals surface area contributed by atoms with Crippen molar-refractivity contribution >= 4 is 19.0 Å². The SMILES string of the molecule is NC(C(=O)N1CC(Oc2ccc3c(c2C(=O)O)OB(O)CC3)C1)c1ccc(O)c(O)c1. The lowest BCUT2D eigenvalue weighted by molar-refractivity contribution is -0.141. The molecule has 1 saturated heterocycles. The second-order valence-electron chi connectivity index (χ2n) is 7.55. The zero-order valence-corrected chi connectivity index (χ0v) is 16.4. The number of carboxylic acid groups (broad SMARTS) is 1. The first-order chi connectivity index (χ1) is 14.7. The quantitative estimate of drug-likeness (QED) is 0.337. The molecule has 10 nitrogen and oxygen atoms in total. The number of phenolic OH excluding ortho intramolecular Hbond substituents is 2. The van der Waals surface area contributed by atoms with E-state index in [4.69, 9.17) is 15.1 Å². The molecule has 2 aromatic carbocycles. The highest BCUT2D eigenvalue weighted by Gasteiger charge is 2.37. The number of fused-ring (bicyclic) bond motifs is 1. The van der Waals surface area contributed by atoms with Crippen LogP contribution in [-0.2, 0) is 11.2 Å². The van der Waals surface area contributed by atoms with Gasteiger partial charge in [-0.25, -0.2) is 4.79 Å². The van der Waals surface area contributed by atoms with Crippen LogP contribution < -0.4 is 15.1 Å². The predicted molar refractivity (Wildman–Crippen MR) is 108 cm³/mol. The fourth-order valence-corrected chi connectivity index (χ4v) is 3.66. The summed E-state index contributed by atoms with van der Waals surface area (Å²) >= 11 is 0. The number of phenols is 2. The summed E-state index contributed by atoms with van der Waals surface area (Å²) in [6.45, 7) is 0.409. The van der Waals surface area contributed by atoms with Gasteiger partial charge in [-0.3, -0.25) is 4.79 Å². The Hall–Kier alpha value is -3.44. The first-order valence-corrected chi connectivity index (χ1v) is 9.71. The minimum absolute atomic E-state index is 0.102. The van der Waals surface area contributed by atoms with Crippen molar-refractivity contribution in [2.24, 2.45) is 5.73 Å². The number of nitrogens with two attached hydrogens (primary N) is 1. The number of nitrogens with zero attached hydrogens (tertiary/aromatic N) is 1. The number of aryl methyl sites for hydroxylation is 1. The van der Waals surface area contributed by atoms with E-state index in [0.29, 0.717) is 23.9 Å². The fraction of sp³-hybridized carbons (Fsp3) is 0.300. The third kappa shape index (κ3) is 3.97. The van der Waals surface area contributed by atoms with Gasteiger partial charge in [0.25, 0.3) is 0 Å². The van der Waals surface area contributed by atoms with Crippen LogP contribution in [0.5, 0.6) is 23.0 Å². The first kappa shape index (κ1) is 20.8. The molecule has 1 atom stereocenters. The Bertz CT molecular complexity index is 1040. The van der Waals surface area contributed by atoms with Gasteiger partial charge in [-0.15, -0.1) is 0 Å². The van der Waals surface area contributed by atoms with Gasteiger partial charge >= 0.3 is 13.1 Å². The third-order valence-corrected chi connectivity index (χ3v) is 5.41. The molecule has 2 aliphatic rings. The Morgan fingerprint density at radius 2 is 1.94 bits per heavy atom. The molecule has 1 fully saturated rings. The lowest BCUT2D eigenvalue weighted by Crippen LogP contribution is -2.58. The van der Waals surface area contributed by atoms with Gasteiger partial charge in [0.15, 0.2) is 11.5 Å². The molecule has 11 heteroatoms. The van der Waals surface area contributed by atoms with Crippen molar-refractivity contribution in [1.29, 1.82) is 0 Å². The van der Waals surface area contributed by atoms with Crippen molar-refractivity contribution in [3.05, 3.63) is 47.0 Å². The number of ether oxygens (including phenoxy) is 1. The highest BCUT2D eigenvalue weighted by Crippen LogP contribution is 2.37. The maximum Gasteiger partial charge on any atom is 0.522 e. The van der Waals surface area contributed by atoms with Gasteiger partial charge in [0.1, 0.15) is 29.2 Å². The molecule has 2 aliphatic heterocycles. The Morgan fingerprint density at radius 1 is 1.19 bits per heavy atom. The summed E-state index contributed by atoms with van der Waals surface area (Å²) in [5.74, 6) is -2.10. The molecule has 0 saturated carbocycles. The summed E-state index contributed by atoms with van der Waals surface area (Å²) in [6, 6.07) is 6.16. The lowest BCUT2D eigenvalue weighted by atomic mass is 9.78. The number of likely N-dealkylation sites (tertiary alicyclic amines) is 1. The number of aromatic carboxylic acids is 1. The normalized spacial score (nSPS) is 16.7. The lowest BCUT2D eigenvalue weighted by Gasteiger charge is -2.40. The molecule has 6 N–H and O–H groups in total. The van der Waals surface area contributed by atoms with Gasteiger partial charge in [-0.05, 0) is 42.1 Å². The summed E-state index contributed by atoms with van der Waals surface area (Å²) in [5.41, 5.74) is 6.86. The van der Waals surface area contributed by atoms with Crippen LogP contribution in [0.1, 0.15) is 27.5 Å². The van der Waals surface area contributed by atoms with Gasteiger partial charge < -0.3 is 40.4 Å². The van der Waals surface area contributed by atoms with Crippen molar-refractivity contribution in [2.75, 3.05) is 13.1 Å². The topological polar surface area (TPSA) is 163 Å². The van der Waals surface area contributed by atoms with Gasteiger partial charge in [0, 0.05) is 0 Å². The summed E-state index contributed by atoms with van der Waals surface area (Å²) in [7, 11) is -1.07. The molecule has 4 rings (SSSR count). The Labute approximate surface area is 177 Å². The van der Waals surface area contributed by atoms with Crippen molar-refractivity contribution in [2.45, 2.75) is 24.9 Å². The van der Waals surface area contributed by atoms with Gasteiger partial charge in [0.2, 0.25) is 5.91 Å². The van der Waals surface area contributed by atoms with E-state index >= 15 is 0 Å². The van der Waals surface area contributed by atoms with Crippen LogP contribution >= 0.6 is 0 Å². The molecule has 2 heterocycles. The van der Waals surface area contributed by atoms with E-state index in [0.717, 1.165) is 0 Å². The Morgan fingerprint density at radius 3 is 2.61 bits per heavy atom. The number of benzene rings is 2. The molecular formula is C20H21BN2O8. The molecule has 0 radical (unpaired) electrons. The van der Waals surface area contributed by atoms with Crippen LogP contribution in [0.25, 0.3) is 0 Å². The molecule has 0 spiro atoms. The van der Waals surface area contributed by atoms with E-state index in [-0.39, 0.29) is 47.6 Å². The molecule has 2 aromatic rings. The minimum atomic E-state index is -1.23.